The van der Waals surface area contributed by atoms with E-state index in [0.29, 0.717) is 43.5 Å². The molecule has 2 aliphatic heterocycles. The number of hydrogen-bond donors (Lipinski definition) is 2. The molecule has 0 saturated carbocycles. The van der Waals surface area contributed by atoms with E-state index in [1.165, 1.54) is 41.8 Å². The fraction of sp³-hybridized carbons (Fsp3) is 0.306. The largest absolute Gasteiger partial charge is 0.395 e. The van der Waals surface area contributed by atoms with Crippen LogP contribution >= 0.6 is 0 Å². The normalized spacial score (nSPS) is 12.7. The molecule has 63 heavy (non-hydrogen) atoms. The number of rotatable bonds is 15. The SMILES string of the molecule is Cc1cc(F)cc(Cc2cc(N3CCc4c(C(=O)CCCF)cccc43)ncn2)c1.Cc1cc(F)cc(Cc2cc(N3CCc4c(C(=O)N(CCO)CCO)cccc43)ncn2)c1. The Labute approximate surface area is 364 Å². The number of carbonyl (C=O) groups excluding carboxylic acids is 2. The van der Waals surface area contributed by atoms with Gasteiger partial charge in [-0.05, 0) is 109 Å². The minimum atomic E-state index is -0.485. The summed E-state index contributed by atoms with van der Waals surface area (Å²) < 4.78 is 40.0. The maximum absolute atomic E-state index is 13.8. The minimum absolute atomic E-state index is 0.0174. The molecule has 4 aromatic carbocycles. The number of ketones is 1. The van der Waals surface area contributed by atoms with E-state index in [9.17, 15) is 33.0 Å². The molecular formula is C49H50F3N7O4. The zero-order valence-corrected chi connectivity index (χ0v) is 35.4. The van der Waals surface area contributed by atoms with Crippen molar-refractivity contribution < 1.29 is 33.0 Å². The number of aliphatic hydroxyl groups excluding tert-OH is 2. The molecule has 4 heterocycles. The summed E-state index contributed by atoms with van der Waals surface area (Å²) in [5, 5.41) is 18.6. The molecule has 0 bridgehead atoms. The van der Waals surface area contributed by atoms with Crippen molar-refractivity contribution in [1.29, 1.82) is 0 Å². The van der Waals surface area contributed by atoms with Crippen LogP contribution in [0.15, 0.2) is 97.6 Å². The molecule has 0 radical (unpaired) electrons. The molecule has 1 amide bonds. The second-order valence-corrected chi connectivity index (χ2v) is 15.7. The maximum Gasteiger partial charge on any atom is 0.254 e. The Hall–Kier alpha value is -6.51. The number of Topliss-reactive ketones (excluding diaryl/α,β-unsaturated/α-hetero) is 1. The Morgan fingerprint density at radius 2 is 1.16 bits per heavy atom. The van der Waals surface area contributed by atoms with Crippen molar-refractivity contribution in [3.05, 3.63) is 165 Å². The van der Waals surface area contributed by atoms with Crippen LogP contribution in [0.25, 0.3) is 0 Å². The number of amides is 1. The van der Waals surface area contributed by atoms with Gasteiger partial charge >= 0.3 is 0 Å². The number of halogens is 3. The Balaban J connectivity index is 0.000000190. The number of aryl methyl sites for hydroxylation is 2. The van der Waals surface area contributed by atoms with Gasteiger partial charge in [-0.1, -0.05) is 30.3 Å². The van der Waals surface area contributed by atoms with Gasteiger partial charge in [-0.2, -0.15) is 0 Å². The molecule has 2 aliphatic rings. The van der Waals surface area contributed by atoms with Crippen LogP contribution in [0.5, 0.6) is 0 Å². The van der Waals surface area contributed by atoms with Gasteiger partial charge in [-0.25, -0.2) is 28.7 Å². The van der Waals surface area contributed by atoms with Crippen LogP contribution in [-0.2, 0) is 25.7 Å². The highest BCUT2D eigenvalue weighted by molar-refractivity contribution is 6.00. The first-order valence-corrected chi connectivity index (χ1v) is 21.1. The fourth-order valence-corrected chi connectivity index (χ4v) is 8.40. The first-order valence-electron chi connectivity index (χ1n) is 21.1. The molecule has 6 aromatic rings. The Morgan fingerprint density at radius 1 is 0.667 bits per heavy atom. The number of carbonyl (C=O) groups is 2. The first kappa shape index (κ1) is 44.5. The average molecular weight is 858 g/mol. The minimum Gasteiger partial charge on any atom is -0.395 e. The number of anilines is 4. The van der Waals surface area contributed by atoms with Gasteiger partial charge in [0.05, 0.1) is 31.3 Å². The predicted octanol–water partition coefficient (Wildman–Crippen LogP) is 7.78. The average Bonchev–Trinajstić information content (AvgIpc) is 3.90. The quantitative estimate of drug-likeness (QED) is 0.0987. The number of hydrogen-bond acceptors (Lipinski definition) is 10. The van der Waals surface area contributed by atoms with E-state index in [0.717, 1.165) is 74.2 Å². The standard InChI is InChI=1S/C25H27FN4O3.C24H23F2N3O/c1-17-11-18(13-19(26)12-17)14-20-15-24(28-16-27-20)30-6-5-21-22(3-2-4-23(21)30)25(33)29(7-9-31)8-10-32;1-16-10-17(12-18(26)11-16)13-19-14-24(28-15-27-19)29-9-7-20-21(4-2-5-22(20)29)23(30)6-3-8-25/h2-4,11-13,15-16,31-32H,5-10,14H2,1H3;2,4-5,10-12,14-15H,3,6-9,13H2,1H3. The van der Waals surface area contributed by atoms with E-state index in [2.05, 4.69) is 29.7 Å². The molecule has 14 heteroatoms. The third kappa shape index (κ3) is 10.8. The summed E-state index contributed by atoms with van der Waals surface area (Å²) in [6, 6.07) is 25.0. The highest BCUT2D eigenvalue weighted by Crippen LogP contribution is 2.37. The van der Waals surface area contributed by atoms with Crippen LogP contribution < -0.4 is 9.80 Å². The number of alkyl halides is 1. The lowest BCUT2D eigenvalue weighted by atomic mass is 9.99. The van der Waals surface area contributed by atoms with E-state index in [-0.39, 0.29) is 62.5 Å². The zero-order chi connectivity index (χ0) is 44.5. The second-order valence-electron chi connectivity index (χ2n) is 15.7. The van der Waals surface area contributed by atoms with Gasteiger partial charge in [0, 0.05) is 80.1 Å². The summed E-state index contributed by atoms with van der Waals surface area (Å²) in [5.74, 6) is 0.733. The van der Waals surface area contributed by atoms with Gasteiger partial charge in [-0.3, -0.25) is 14.0 Å². The molecular weight excluding hydrogens is 808 g/mol. The van der Waals surface area contributed by atoms with E-state index >= 15 is 0 Å². The molecule has 0 atom stereocenters. The van der Waals surface area contributed by atoms with Crippen LogP contribution in [0.2, 0.25) is 0 Å². The molecule has 0 unspecified atom stereocenters. The zero-order valence-electron chi connectivity index (χ0n) is 35.4. The van der Waals surface area contributed by atoms with Crippen LogP contribution in [0, 0.1) is 25.5 Å². The van der Waals surface area contributed by atoms with Gasteiger partial charge in [0.25, 0.3) is 5.91 Å². The third-order valence-electron chi connectivity index (χ3n) is 11.1. The number of benzene rings is 4. The van der Waals surface area contributed by atoms with Crippen molar-refractivity contribution >= 4 is 34.7 Å². The monoisotopic (exact) mass is 857 g/mol. The van der Waals surface area contributed by atoms with Crippen molar-refractivity contribution in [1.82, 2.24) is 24.8 Å². The van der Waals surface area contributed by atoms with Crippen molar-refractivity contribution in [3.8, 4) is 0 Å². The van der Waals surface area contributed by atoms with E-state index in [4.69, 9.17) is 0 Å². The molecule has 0 aliphatic carbocycles. The summed E-state index contributed by atoms with van der Waals surface area (Å²) in [6.45, 7) is 4.62. The Morgan fingerprint density at radius 3 is 1.63 bits per heavy atom. The van der Waals surface area contributed by atoms with Gasteiger partial charge in [0.2, 0.25) is 0 Å². The molecule has 0 fully saturated rings. The van der Waals surface area contributed by atoms with Crippen LogP contribution in [0.1, 0.15) is 78.3 Å². The lowest BCUT2D eigenvalue weighted by Gasteiger charge is -2.23. The maximum atomic E-state index is 13.8. The molecule has 8 rings (SSSR count). The third-order valence-corrected chi connectivity index (χ3v) is 11.1. The molecule has 326 valence electrons. The molecule has 2 aromatic heterocycles. The lowest BCUT2D eigenvalue weighted by molar-refractivity contribution is 0.0684. The van der Waals surface area contributed by atoms with E-state index in [1.807, 2.05) is 68.4 Å². The van der Waals surface area contributed by atoms with E-state index < -0.39 is 6.67 Å². The second kappa shape index (κ2) is 20.6. The highest BCUT2D eigenvalue weighted by Gasteiger charge is 2.29. The van der Waals surface area contributed by atoms with Crippen LogP contribution in [0.4, 0.5) is 36.2 Å². The summed E-state index contributed by atoms with van der Waals surface area (Å²) in [4.78, 5) is 48.7. The summed E-state index contributed by atoms with van der Waals surface area (Å²) in [5.41, 5.74) is 10.0. The highest BCUT2D eigenvalue weighted by atomic mass is 19.1. The number of nitrogens with zero attached hydrogens (tertiary/aromatic N) is 7. The van der Waals surface area contributed by atoms with E-state index in [1.54, 1.807) is 6.07 Å². The number of aliphatic hydroxyl groups is 2. The topological polar surface area (TPSA) is 136 Å². The first-order chi connectivity index (χ1) is 30.5. The summed E-state index contributed by atoms with van der Waals surface area (Å²) in [7, 11) is 0. The fourth-order valence-electron chi connectivity index (χ4n) is 8.40. The summed E-state index contributed by atoms with van der Waals surface area (Å²) >= 11 is 0. The number of aromatic nitrogens is 4. The molecule has 11 nitrogen and oxygen atoms in total. The molecule has 0 spiro atoms. The van der Waals surface area contributed by atoms with Gasteiger partial charge in [-0.15, -0.1) is 0 Å². The van der Waals surface area contributed by atoms with Crippen molar-refractivity contribution in [3.63, 3.8) is 0 Å². The Bertz CT molecular complexity index is 2550. The molecule has 0 saturated heterocycles. The van der Waals surface area contributed by atoms with Gasteiger partial charge < -0.3 is 24.9 Å². The Kier molecular flexibility index (Phi) is 14.5. The molecule has 2 N–H and O–H groups in total. The van der Waals surface area contributed by atoms with Crippen LogP contribution in [0.3, 0.4) is 0 Å². The van der Waals surface area contributed by atoms with Crippen LogP contribution in [-0.4, -0.2) is 92.8 Å². The summed E-state index contributed by atoms with van der Waals surface area (Å²) in [6.07, 6.45) is 5.90. The number of fused-ring (bicyclic) bond motifs is 2. The van der Waals surface area contributed by atoms with Gasteiger partial charge in [0.1, 0.15) is 35.9 Å². The van der Waals surface area contributed by atoms with Crippen molar-refractivity contribution in [2.75, 3.05) is 55.9 Å². The predicted molar refractivity (Wildman–Crippen MR) is 236 cm³/mol. The van der Waals surface area contributed by atoms with Crippen molar-refractivity contribution in [2.45, 2.75) is 52.4 Å². The van der Waals surface area contributed by atoms with Gasteiger partial charge in [0.15, 0.2) is 5.78 Å². The lowest BCUT2D eigenvalue weighted by Crippen LogP contribution is -2.36. The smallest absolute Gasteiger partial charge is 0.254 e. The van der Waals surface area contributed by atoms with Crippen molar-refractivity contribution in [2.24, 2.45) is 0 Å².